The zero-order valence-electron chi connectivity index (χ0n) is 12.5. The van der Waals surface area contributed by atoms with E-state index < -0.39 is 23.8 Å². The van der Waals surface area contributed by atoms with E-state index in [0.29, 0.717) is 5.56 Å². The van der Waals surface area contributed by atoms with Gasteiger partial charge in [0.05, 0.1) is 11.1 Å². The first-order valence-corrected chi connectivity index (χ1v) is 6.68. The Bertz CT molecular complexity index is 897. The van der Waals surface area contributed by atoms with Gasteiger partial charge < -0.3 is 9.52 Å². The second kappa shape index (κ2) is 7.68. The third kappa shape index (κ3) is 4.82. The molecule has 6 nitrogen and oxygen atoms in total. The van der Waals surface area contributed by atoms with Crippen molar-refractivity contribution in [3.63, 3.8) is 0 Å². The predicted octanol–water partition coefficient (Wildman–Crippen LogP) is 3.71. The molecule has 0 aliphatic rings. The van der Waals surface area contributed by atoms with Crippen LogP contribution < -0.4 is 0 Å². The summed E-state index contributed by atoms with van der Waals surface area (Å²) < 4.78 is 63.5. The molecule has 0 saturated heterocycles. The largest absolute Gasteiger partial charge is 0.490 e. The molecule has 0 aliphatic heterocycles. The third-order valence-corrected chi connectivity index (χ3v) is 2.74. The van der Waals surface area contributed by atoms with Gasteiger partial charge in [0.1, 0.15) is 11.6 Å². The summed E-state index contributed by atoms with van der Waals surface area (Å²) in [4.78, 5) is 12.8. The van der Waals surface area contributed by atoms with Crippen LogP contribution in [0.3, 0.4) is 0 Å². The van der Waals surface area contributed by atoms with E-state index in [1.165, 1.54) is 6.07 Å². The highest BCUT2D eigenvalue weighted by Gasteiger charge is 2.38. The van der Waals surface area contributed by atoms with E-state index in [0.717, 1.165) is 12.1 Å². The van der Waals surface area contributed by atoms with Crippen LogP contribution in [-0.2, 0) is 4.79 Å². The normalized spacial score (nSPS) is 10.8. The van der Waals surface area contributed by atoms with Crippen LogP contribution in [0.4, 0.5) is 22.0 Å². The van der Waals surface area contributed by atoms with E-state index >= 15 is 0 Å². The predicted molar refractivity (Wildman–Crippen MR) is 76.6 cm³/mol. The van der Waals surface area contributed by atoms with Crippen molar-refractivity contribution in [3.8, 4) is 22.9 Å². The molecule has 2 heterocycles. The summed E-state index contributed by atoms with van der Waals surface area (Å²) in [5, 5.41) is 14.7. The number of benzene rings is 1. The summed E-state index contributed by atoms with van der Waals surface area (Å²) in [7, 11) is 0. The van der Waals surface area contributed by atoms with Crippen molar-refractivity contribution in [1.29, 1.82) is 0 Å². The molecular weight excluding hydrogens is 365 g/mol. The fourth-order valence-electron chi connectivity index (χ4n) is 1.60. The quantitative estimate of drug-likeness (QED) is 0.689. The number of aromatic nitrogens is 3. The molecule has 1 N–H and O–H groups in total. The van der Waals surface area contributed by atoms with Gasteiger partial charge in [-0.2, -0.15) is 13.2 Å². The van der Waals surface area contributed by atoms with Crippen molar-refractivity contribution in [2.75, 3.05) is 0 Å². The monoisotopic (exact) mass is 373 g/mol. The summed E-state index contributed by atoms with van der Waals surface area (Å²) in [5.74, 6) is -3.94. The van der Waals surface area contributed by atoms with Crippen LogP contribution in [0.25, 0.3) is 22.9 Å². The number of hydrogen-bond acceptors (Lipinski definition) is 5. The lowest BCUT2D eigenvalue weighted by atomic mass is 10.2. The Morgan fingerprint density at radius 3 is 2.27 bits per heavy atom. The minimum Gasteiger partial charge on any atom is -0.475 e. The van der Waals surface area contributed by atoms with Crippen molar-refractivity contribution in [1.82, 2.24) is 15.2 Å². The molecule has 26 heavy (non-hydrogen) atoms. The lowest BCUT2D eigenvalue weighted by Crippen LogP contribution is -2.21. The average Bonchev–Trinajstić information content (AvgIpc) is 3.05. The molecule has 11 heteroatoms. The van der Waals surface area contributed by atoms with E-state index in [2.05, 4.69) is 15.2 Å². The second-order valence-electron chi connectivity index (χ2n) is 4.58. The van der Waals surface area contributed by atoms with E-state index in [-0.39, 0.29) is 17.3 Å². The highest BCUT2D eigenvalue weighted by molar-refractivity contribution is 5.73. The number of alkyl halides is 3. The van der Waals surface area contributed by atoms with E-state index in [4.69, 9.17) is 14.3 Å². The highest BCUT2D eigenvalue weighted by Crippen LogP contribution is 2.25. The van der Waals surface area contributed by atoms with Crippen LogP contribution in [0.5, 0.6) is 0 Å². The fraction of sp³-hybridized carbons (Fsp3) is 0.0667. The fourth-order valence-corrected chi connectivity index (χ4v) is 1.60. The standard InChI is InChI=1S/C13H7F2N3O.C2HF3O2/c14-9-3-4-10(11(15)6-9)13-18-17-12(19-13)8-2-1-5-16-7-8;3-2(4,5)1(6)7/h1-7H;(H,6,7). The first kappa shape index (κ1) is 19.0. The van der Waals surface area contributed by atoms with Gasteiger partial charge >= 0.3 is 12.1 Å². The molecule has 0 fully saturated rings. The Hall–Kier alpha value is -3.37. The number of hydrogen-bond donors (Lipinski definition) is 1. The minimum atomic E-state index is -5.08. The Labute approximate surface area is 141 Å². The molecule has 2 aromatic heterocycles. The van der Waals surface area contributed by atoms with Crippen LogP contribution in [-0.4, -0.2) is 32.4 Å². The number of carboxylic acids is 1. The number of rotatable bonds is 2. The smallest absolute Gasteiger partial charge is 0.475 e. The lowest BCUT2D eigenvalue weighted by Gasteiger charge is -1.97. The molecule has 0 radical (unpaired) electrons. The van der Waals surface area contributed by atoms with Gasteiger partial charge in [0.15, 0.2) is 0 Å². The first-order chi connectivity index (χ1) is 12.2. The van der Waals surface area contributed by atoms with Gasteiger partial charge in [0.2, 0.25) is 5.89 Å². The molecule has 136 valence electrons. The summed E-state index contributed by atoms with van der Waals surface area (Å²) >= 11 is 0. The number of nitrogens with zero attached hydrogens (tertiary/aromatic N) is 3. The van der Waals surface area contributed by atoms with Crippen molar-refractivity contribution in [3.05, 3.63) is 54.4 Å². The third-order valence-electron chi connectivity index (χ3n) is 2.74. The Kier molecular flexibility index (Phi) is 5.60. The van der Waals surface area contributed by atoms with Gasteiger partial charge in [0, 0.05) is 18.5 Å². The molecule has 3 aromatic rings. The molecule has 0 amide bonds. The molecule has 0 spiro atoms. The number of pyridine rings is 1. The van der Waals surface area contributed by atoms with E-state index in [9.17, 15) is 22.0 Å². The van der Waals surface area contributed by atoms with E-state index in [1.807, 2.05) is 0 Å². The van der Waals surface area contributed by atoms with Crippen LogP contribution in [0.2, 0.25) is 0 Å². The number of aliphatic carboxylic acids is 1. The maximum atomic E-state index is 13.6. The molecule has 3 rings (SSSR count). The summed E-state index contributed by atoms with van der Waals surface area (Å²) in [5.41, 5.74) is 0.688. The molecule has 1 aromatic carbocycles. The van der Waals surface area contributed by atoms with Gasteiger partial charge in [-0.1, -0.05) is 0 Å². The topological polar surface area (TPSA) is 89.1 Å². The molecule has 0 unspecified atom stereocenters. The van der Waals surface area contributed by atoms with Crippen LogP contribution in [0.1, 0.15) is 0 Å². The maximum absolute atomic E-state index is 13.6. The molecule has 0 bridgehead atoms. The number of carbonyl (C=O) groups is 1. The Morgan fingerprint density at radius 1 is 1.08 bits per heavy atom. The van der Waals surface area contributed by atoms with Gasteiger partial charge in [-0.3, -0.25) is 4.98 Å². The van der Waals surface area contributed by atoms with E-state index in [1.54, 1.807) is 24.5 Å². The lowest BCUT2D eigenvalue weighted by molar-refractivity contribution is -0.192. The average molecular weight is 373 g/mol. The highest BCUT2D eigenvalue weighted by atomic mass is 19.4. The second-order valence-corrected chi connectivity index (χ2v) is 4.58. The van der Waals surface area contributed by atoms with Crippen LogP contribution in [0, 0.1) is 11.6 Å². The zero-order valence-corrected chi connectivity index (χ0v) is 12.5. The number of carboxylic acid groups (broad SMARTS) is 1. The van der Waals surface area contributed by atoms with Crippen molar-refractivity contribution >= 4 is 5.97 Å². The summed E-state index contributed by atoms with van der Waals surface area (Å²) in [6.07, 6.45) is -1.92. The van der Waals surface area contributed by atoms with Gasteiger partial charge in [-0.05, 0) is 24.3 Å². The van der Waals surface area contributed by atoms with Crippen LogP contribution in [0.15, 0.2) is 47.1 Å². The zero-order chi connectivity index (χ0) is 19.3. The number of halogens is 5. The van der Waals surface area contributed by atoms with Gasteiger partial charge in [-0.15, -0.1) is 10.2 Å². The van der Waals surface area contributed by atoms with Gasteiger partial charge in [0.25, 0.3) is 5.89 Å². The first-order valence-electron chi connectivity index (χ1n) is 6.68. The van der Waals surface area contributed by atoms with Gasteiger partial charge in [-0.25, -0.2) is 13.6 Å². The van der Waals surface area contributed by atoms with Crippen molar-refractivity contribution in [2.45, 2.75) is 6.18 Å². The SMILES string of the molecule is Fc1ccc(-c2nnc(-c3cccnc3)o2)c(F)c1.O=C(O)C(F)(F)F. The minimum absolute atomic E-state index is 0.00338. The summed E-state index contributed by atoms with van der Waals surface area (Å²) in [6, 6.07) is 6.61. The molecule has 0 aliphatic carbocycles. The molecular formula is C15H8F5N3O3. The summed E-state index contributed by atoms with van der Waals surface area (Å²) in [6.45, 7) is 0. The van der Waals surface area contributed by atoms with Crippen molar-refractivity contribution in [2.24, 2.45) is 0 Å². The Balaban J connectivity index is 0.000000298. The maximum Gasteiger partial charge on any atom is 0.490 e. The Morgan fingerprint density at radius 2 is 1.73 bits per heavy atom. The molecule has 0 saturated carbocycles. The van der Waals surface area contributed by atoms with Crippen LogP contribution >= 0.6 is 0 Å². The molecule has 0 atom stereocenters. The van der Waals surface area contributed by atoms with Crippen molar-refractivity contribution < 1.29 is 36.3 Å².